The summed E-state index contributed by atoms with van der Waals surface area (Å²) in [5.74, 6) is 0.787. The van der Waals surface area contributed by atoms with Gasteiger partial charge in [0, 0.05) is 37.7 Å². The number of nitrogens with zero attached hydrogens (tertiary/aromatic N) is 2. The predicted molar refractivity (Wildman–Crippen MR) is 78.0 cm³/mol. The van der Waals surface area contributed by atoms with Crippen LogP contribution in [0, 0.1) is 0 Å². The van der Waals surface area contributed by atoms with Crippen molar-refractivity contribution in [2.75, 3.05) is 37.7 Å². The van der Waals surface area contributed by atoms with Gasteiger partial charge >= 0.3 is 5.97 Å². The SMILES string of the molecule is O=C(O)c1ncsc1S(=O)(=O)NCCN1CCSCC1. The van der Waals surface area contributed by atoms with Gasteiger partial charge in [0.1, 0.15) is 0 Å². The van der Waals surface area contributed by atoms with Crippen molar-refractivity contribution in [2.24, 2.45) is 0 Å². The van der Waals surface area contributed by atoms with Gasteiger partial charge in [-0.05, 0) is 0 Å². The van der Waals surface area contributed by atoms with Crippen LogP contribution in [0.15, 0.2) is 9.72 Å². The Balaban J connectivity index is 1.93. The zero-order valence-electron chi connectivity index (χ0n) is 10.6. The summed E-state index contributed by atoms with van der Waals surface area (Å²) >= 11 is 2.70. The molecule has 0 spiro atoms. The molecule has 112 valence electrons. The van der Waals surface area contributed by atoms with Crippen LogP contribution in [0.5, 0.6) is 0 Å². The van der Waals surface area contributed by atoms with E-state index in [1.54, 1.807) is 0 Å². The average molecular weight is 337 g/mol. The van der Waals surface area contributed by atoms with Gasteiger partial charge in [-0.25, -0.2) is 22.9 Å². The molecule has 2 rings (SSSR count). The standard InChI is InChI=1S/C10H15N3O4S3/c14-9(15)8-10(19-7-11-8)20(16,17)12-1-2-13-3-5-18-6-4-13/h7,12H,1-6H2,(H,14,15). The molecule has 1 aliphatic rings. The Labute approximate surface area is 125 Å². The highest BCUT2D eigenvalue weighted by atomic mass is 32.2. The zero-order valence-corrected chi connectivity index (χ0v) is 13.1. The molecule has 0 atom stereocenters. The average Bonchev–Trinajstić information content (AvgIpc) is 2.90. The molecule has 0 aliphatic carbocycles. The molecule has 0 amide bonds. The molecule has 0 bridgehead atoms. The highest BCUT2D eigenvalue weighted by molar-refractivity contribution is 7.99. The van der Waals surface area contributed by atoms with Crippen molar-refractivity contribution in [2.45, 2.75) is 4.21 Å². The Morgan fingerprint density at radius 2 is 2.15 bits per heavy atom. The molecule has 1 aliphatic heterocycles. The number of thiazole rings is 1. The molecule has 1 aromatic heterocycles. The highest BCUT2D eigenvalue weighted by Gasteiger charge is 2.25. The second-order valence-electron chi connectivity index (χ2n) is 4.15. The summed E-state index contributed by atoms with van der Waals surface area (Å²) in [4.78, 5) is 16.6. The van der Waals surface area contributed by atoms with Crippen LogP contribution in [0.1, 0.15) is 10.5 Å². The Morgan fingerprint density at radius 1 is 1.45 bits per heavy atom. The Hall–Kier alpha value is -0.680. The van der Waals surface area contributed by atoms with Crippen LogP contribution in [0.25, 0.3) is 0 Å². The highest BCUT2D eigenvalue weighted by Crippen LogP contribution is 2.19. The number of aromatic nitrogens is 1. The maximum Gasteiger partial charge on any atom is 0.356 e. The summed E-state index contributed by atoms with van der Waals surface area (Å²) in [5.41, 5.74) is 0.803. The van der Waals surface area contributed by atoms with Crippen molar-refractivity contribution in [3.8, 4) is 0 Å². The maximum atomic E-state index is 12.0. The molecule has 0 unspecified atom stereocenters. The fraction of sp³-hybridized carbons (Fsp3) is 0.600. The smallest absolute Gasteiger partial charge is 0.356 e. The van der Waals surface area contributed by atoms with E-state index in [0.717, 1.165) is 35.9 Å². The van der Waals surface area contributed by atoms with Gasteiger partial charge in [0.2, 0.25) is 0 Å². The van der Waals surface area contributed by atoms with Crippen LogP contribution in [0.4, 0.5) is 0 Å². The summed E-state index contributed by atoms with van der Waals surface area (Å²) in [6.07, 6.45) is 0. The Morgan fingerprint density at radius 3 is 2.80 bits per heavy atom. The van der Waals surface area contributed by atoms with E-state index in [1.807, 2.05) is 11.8 Å². The molecule has 0 aromatic carbocycles. The van der Waals surface area contributed by atoms with Gasteiger partial charge in [0.15, 0.2) is 9.90 Å². The number of hydrogen-bond donors (Lipinski definition) is 2. The first-order valence-corrected chi connectivity index (χ1v) is 9.49. The summed E-state index contributed by atoms with van der Waals surface area (Å²) in [7, 11) is -3.80. The van der Waals surface area contributed by atoms with E-state index in [-0.39, 0.29) is 10.8 Å². The molecule has 0 saturated carbocycles. The summed E-state index contributed by atoms with van der Waals surface area (Å²) in [6.45, 7) is 2.80. The van der Waals surface area contributed by atoms with E-state index < -0.39 is 21.7 Å². The first-order valence-electron chi connectivity index (χ1n) is 5.97. The van der Waals surface area contributed by atoms with Crippen molar-refractivity contribution in [3.05, 3.63) is 11.2 Å². The van der Waals surface area contributed by atoms with Crippen molar-refractivity contribution in [3.63, 3.8) is 0 Å². The molecule has 1 saturated heterocycles. The lowest BCUT2D eigenvalue weighted by atomic mass is 10.5. The number of carbonyl (C=O) groups is 1. The lowest BCUT2D eigenvalue weighted by Crippen LogP contribution is -2.39. The normalized spacial score (nSPS) is 17.2. The van der Waals surface area contributed by atoms with E-state index in [4.69, 9.17) is 5.11 Å². The first-order chi connectivity index (χ1) is 9.50. The largest absolute Gasteiger partial charge is 0.476 e. The van der Waals surface area contributed by atoms with Crippen LogP contribution in [-0.2, 0) is 10.0 Å². The van der Waals surface area contributed by atoms with Gasteiger partial charge in [-0.3, -0.25) is 0 Å². The molecule has 1 fully saturated rings. The van der Waals surface area contributed by atoms with Crippen LogP contribution >= 0.6 is 23.1 Å². The Kier molecular flexibility index (Phi) is 5.38. The number of nitrogens with one attached hydrogen (secondary N) is 1. The molecule has 7 nitrogen and oxygen atoms in total. The number of carboxylic acid groups (broad SMARTS) is 1. The Bertz CT molecular complexity index is 566. The molecular weight excluding hydrogens is 322 g/mol. The number of hydrogen-bond acceptors (Lipinski definition) is 7. The molecule has 20 heavy (non-hydrogen) atoms. The van der Waals surface area contributed by atoms with Gasteiger partial charge in [-0.15, -0.1) is 11.3 Å². The second-order valence-corrected chi connectivity index (χ2v) is 8.19. The van der Waals surface area contributed by atoms with Crippen molar-refractivity contribution >= 4 is 39.1 Å². The molecule has 2 N–H and O–H groups in total. The van der Waals surface area contributed by atoms with E-state index in [9.17, 15) is 13.2 Å². The van der Waals surface area contributed by atoms with E-state index in [2.05, 4.69) is 14.6 Å². The maximum absolute atomic E-state index is 12.0. The molecular formula is C10H15N3O4S3. The number of rotatable bonds is 6. The zero-order chi connectivity index (χ0) is 14.6. The van der Waals surface area contributed by atoms with Crippen LogP contribution in [0.3, 0.4) is 0 Å². The first kappa shape index (κ1) is 15.7. The molecule has 2 heterocycles. The van der Waals surface area contributed by atoms with Crippen LogP contribution < -0.4 is 4.72 Å². The fourth-order valence-electron chi connectivity index (χ4n) is 1.80. The third-order valence-electron chi connectivity index (χ3n) is 2.81. The minimum atomic E-state index is -3.80. The second kappa shape index (κ2) is 6.85. The number of sulfonamides is 1. The number of carboxylic acids is 1. The van der Waals surface area contributed by atoms with Crippen LogP contribution in [0.2, 0.25) is 0 Å². The summed E-state index contributed by atoms with van der Waals surface area (Å²) in [6, 6.07) is 0. The fourth-order valence-corrected chi connectivity index (χ4v) is 4.98. The van der Waals surface area contributed by atoms with E-state index >= 15 is 0 Å². The molecule has 0 radical (unpaired) electrons. The van der Waals surface area contributed by atoms with Crippen molar-refractivity contribution < 1.29 is 18.3 Å². The van der Waals surface area contributed by atoms with E-state index in [1.165, 1.54) is 5.51 Å². The van der Waals surface area contributed by atoms with Crippen molar-refractivity contribution in [1.29, 1.82) is 0 Å². The quantitative estimate of drug-likeness (QED) is 0.763. The van der Waals surface area contributed by atoms with Gasteiger partial charge in [-0.1, -0.05) is 0 Å². The van der Waals surface area contributed by atoms with Gasteiger partial charge in [-0.2, -0.15) is 11.8 Å². The third-order valence-corrected chi connectivity index (χ3v) is 6.58. The van der Waals surface area contributed by atoms with Crippen molar-refractivity contribution in [1.82, 2.24) is 14.6 Å². The molecule has 1 aromatic rings. The number of aromatic carboxylic acids is 1. The monoisotopic (exact) mass is 337 g/mol. The minimum Gasteiger partial charge on any atom is -0.476 e. The molecule has 10 heteroatoms. The minimum absolute atomic E-state index is 0.237. The summed E-state index contributed by atoms with van der Waals surface area (Å²) < 4.78 is 26.3. The third kappa shape index (κ3) is 3.92. The number of thioether (sulfide) groups is 1. The van der Waals surface area contributed by atoms with E-state index in [0.29, 0.717) is 6.54 Å². The lowest BCUT2D eigenvalue weighted by molar-refractivity contribution is 0.0687. The lowest BCUT2D eigenvalue weighted by Gasteiger charge is -2.25. The predicted octanol–water partition coefficient (Wildman–Crippen LogP) is 0.168. The van der Waals surface area contributed by atoms with Gasteiger partial charge < -0.3 is 10.0 Å². The topological polar surface area (TPSA) is 99.6 Å². The summed E-state index contributed by atoms with van der Waals surface area (Å²) in [5, 5.41) is 8.89. The van der Waals surface area contributed by atoms with Gasteiger partial charge in [0.25, 0.3) is 10.0 Å². The van der Waals surface area contributed by atoms with Gasteiger partial charge in [0.05, 0.1) is 5.51 Å². The van der Waals surface area contributed by atoms with Crippen LogP contribution in [-0.4, -0.2) is 67.1 Å².